The van der Waals surface area contributed by atoms with Gasteiger partial charge in [-0.15, -0.1) is 0 Å². The van der Waals surface area contributed by atoms with Crippen molar-refractivity contribution in [3.63, 3.8) is 0 Å². The van der Waals surface area contributed by atoms with E-state index >= 15 is 0 Å². The highest BCUT2D eigenvalue weighted by Gasteiger charge is 2.60. The minimum absolute atomic E-state index is 0.0658. The largest absolute Gasteiger partial charge is 0.436 e. The second-order valence-electron chi connectivity index (χ2n) is 12.5. The van der Waals surface area contributed by atoms with Gasteiger partial charge in [-0.1, -0.05) is 19.0 Å². The van der Waals surface area contributed by atoms with Gasteiger partial charge in [0.25, 0.3) is 0 Å². The summed E-state index contributed by atoms with van der Waals surface area (Å²) in [7, 11) is 1.62. The number of likely N-dealkylation sites (N-methyl/N-ethyl adjacent to an activating group) is 1. The molecule has 6 nitrogen and oxygen atoms in total. The van der Waals surface area contributed by atoms with Crippen molar-refractivity contribution in [2.75, 3.05) is 26.7 Å². The molecule has 36 heavy (non-hydrogen) atoms. The third-order valence-electron chi connectivity index (χ3n) is 10.7. The molecular formula is C27H44F3N3O3. The number of aliphatic hydroxyl groups is 1. The van der Waals surface area contributed by atoms with E-state index in [-0.39, 0.29) is 30.5 Å². The van der Waals surface area contributed by atoms with E-state index in [1.807, 2.05) is 6.92 Å². The minimum atomic E-state index is -4.50. The summed E-state index contributed by atoms with van der Waals surface area (Å²) >= 11 is 0. The van der Waals surface area contributed by atoms with Gasteiger partial charge in [-0.25, -0.2) is 4.79 Å². The Kier molecular flexibility index (Phi) is 8.02. The Bertz CT molecular complexity index is 837. The maximum Gasteiger partial charge on any atom is 0.436 e. The molecule has 1 amide bonds. The third kappa shape index (κ3) is 5.29. The van der Waals surface area contributed by atoms with Crippen molar-refractivity contribution < 1.29 is 27.9 Å². The van der Waals surface area contributed by atoms with Gasteiger partial charge in [0.2, 0.25) is 0 Å². The van der Waals surface area contributed by atoms with Gasteiger partial charge < -0.3 is 10.4 Å². The molecule has 0 bridgehead atoms. The number of carbonyl (C=O) groups excluding carboxylic acids is 1. The molecule has 4 aliphatic rings. The van der Waals surface area contributed by atoms with Gasteiger partial charge >= 0.3 is 12.3 Å². The fourth-order valence-electron chi connectivity index (χ4n) is 8.85. The van der Waals surface area contributed by atoms with Crippen molar-refractivity contribution >= 4 is 11.8 Å². The second-order valence-corrected chi connectivity index (χ2v) is 12.5. The Hall–Kier alpha value is -1.35. The van der Waals surface area contributed by atoms with Crippen LogP contribution in [0.5, 0.6) is 0 Å². The predicted molar refractivity (Wildman–Crippen MR) is 132 cm³/mol. The van der Waals surface area contributed by atoms with Crippen molar-refractivity contribution in [2.24, 2.45) is 45.6 Å². The second kappa shape index (κ2) is 10.4. The number of aliphatic hydroxyl groups excluding tert-OH is 1. The van der Waals surface area contributed by atoms with Gasteiger partial charge in [0, 0.05) is 19.0 Å². The standard InChI is InChI=1S/C27H44F3N3O3/c1-17(32-36-24(35)33(14-13-31-4)16-27(28,29)30)21-7-8-22-20-6-5-18-15-19(34)9-11-25(18,2)23(20)10-12-26(21,22)3/h18-23,31,34H,5-16H2,1-4H3/b32-17+/t18-,19+,20-,21+,22-,23-,25-,26+/m0/s1. The van der Waals surface area contributed by atoms with Crippen molar-refractivity contribution in [1.29, 1.82) is 0 Å². The molecule has 0 aliphatic heterocycles. The maximum absolute atomic E-state index is 12.9. The van der Waals surface area contributed by atoms with Crippen molar-refractivity contribution in [2.45, 2.75) is 90.8 Å². The summed E-state index contributed by atoms with van der Waals surface area (Å²) in [4.78, 5) is 18.2. The number of nitrogens with one attached hydrogen (secondary N) is 1. The molecule has 0 unspecified atom stereocenters. The van der Waals surface area contributed by atoms with Crippen LogP contribution < -0.4 is 5.32 Å². The summed E-state index contributed by atoms with van der Waals surface area (Å²) in [5.74, 6) is 2.74. The molecule has 206 valence electrons. The first-order chi connectivity index (χ1) is 16.9. The monoisotopic (exact) mass is 515 g/mol. The molecule has 0 heterocycles. The number of fused-ring (bicyclic) bond motifs is 5. The molecule has 4 saturated carbocycles. The molecule has 2 N–H and O–H groups in total. The van der Waals surface area contributed by atoms with E-state index < -0.39 is 18.8 Å². The molecule has 0 aromatic carbocycles. The molecular weight excluding hydrogens is 471 g/mol. The van der Waals surface area contributed by atoms with Gasteiger partial charge in [-0.2, -0.15) is 13.2 Å². The van der Waals surface area contributed by atoms with E-state index in [0.29, 0.717) is 39.7 Å². The van der Waals surface area contributed by atoms with Crippen LogP contribution in [0.1, 0.15) is 78.6 Å². The van der Waals surface area contributed by atoms with Crippen molar-refractivity contribution in [1.82, 2.24) is 10.2 Å². The van der Waals surface area contributed by atoms with Crippen LogP contribution in [0.3, 0.4) is 0 Å². The topological polar surface area (TPSA) is 74.2 Å². The SMILES string of the molecule is CNCCN(CC(F)(F)F)C(=O)O/N=C(\C)[C@H]1CC[C@H]2[C@@H]3CC[C@H]4C[C@H](O)CC[C@]4(C)[C@H]3CC[C@]12C. The van der Waals surface area contributed by atoms with Gasteiger partial charge in [0.1, 0.15) is 6.54 Å². The Morgan fingerprint density at radius 3 is 2.47 bits per heavy atom. The normalized spacial score (nSPS) is 40.7. The lowest BCUT2D eigenvalue weighted by molar-refractivity contribution is -0.142. The Morgan fingerprint density at radius 1 is 1.08 bits per heavy atom. The number of alkyl halides is 3. The zero-order valence-corrected chi connectivity index (χ0v) is 22.2. The van der Waals surface area contributed by atoms with Crippen LogP contribution >= 0.6 is 0 Å². The quantitative estimate of drug-likeness (QED) is 0.274. The van der Waals surface area contributed by atoms with Crippen LogP contribution in [0.2, 0.25) is 0 Å². The first-order valence-corrected chi connectivity index (χ1v) is 13.8. The number of halogens is 3. The van der Waals surface area contributed by atoms with Gasteiger partial charge in [0.05, 0.1) is 11.8 Å². The summed E-state index contributed by atoms with van der Waals surface area (Å²) in [5, 5.41) is 17.1. The van der Waals surface area contributed by atoms with Crippen LogP contribution in [0.15, 0.2) is 5.16 Å². The van der Waals surface area contributed by atoms with Gasteiger partial charge in [0.15, 0.2) is 0 Å². The van der Waals surface area contributed by atoms with E-state index in [2.05, 4.69) is 24.3 Å². The predicted octanol–water partition coefficient (Wildman–Crippen LogP) is 5.60. The molecule has 8 atom stereocenters. The highest BCUT2D eigenvalue weighted by Crippen LogP contribution is 2.67. The van der Waals surface area contributed by atoms with E-state index in [1.165, 1.54) is 19.3 Å². The van der Waals surface area contributed by atoms with E-state index in [9.17, 15) is 23.1 Å². The fraction of sp³-hybridized carbons (Fsp3) is 0.926. The summed E-state index contributed by atoms with van der Waals surface area (Å²) in [6.07, 6.45) is 4.05. The van der Waals surface area contributed by atoms with Gasteiger partial charge in [-0.05, 0) is 106 Å². The van der Waals surface area contributed by atoms with E-state index in [4.69, 9.17) is 4.84 Å². The summed E-state index contributed by atoms with van der Waals surface area (Å²) < 4.78 is 38.8. The number of nitrogens with zero attached hydrogens (tertiary/aromatic N) is 2. The van der Waals surface area contributed by atoms with Crippen molar-refractivity contribution in [3.05, 3.63) is 0 Å². The molecule has 4 rings (SSSR count). The summed E-state index contributed by atoms with van der Waals surface area (Å²) in [6.45, 7) is 5.46. The molecule has 0 spiro atoms. The van der Waals surface area contributed by atoms with Gasteiger partial charge in [-0.3, -0.25) is 9.74 Å². The van der Waals surface area contributed by atoms with Crippen molar-refractivity contribution in [3.8, 4) is 0 Å². The lowest BCUT2D eigenvalue weighted by atomic mass is 9.44. The van der Waals surface area contributed by atoms with Crippen LogP contribution in [0.25, 0.3) is 0 Å². The molecule has 4 aliphatic carbocycles. The number of hydrogen-bond donors (Lipinski definition) is 2. The Morgan fingerprint density at radius 2 is 1.78 bits per heavy atom. The lowest BCUT2D eigenvalue weighted by Gasteiger charge is -2.61. The highest BCUT2D eigenvalue weighted by atomic mass is 19.4. The van der Waals surface area contributed by atoms with Crippen LogP contribution in [-0.4, -0.2) is 60.8 Å². The van der Waals surface area contributed by atoms with Crippen LogP contribution in [-0.2, 0) is 4.84 Å². The van der Waals surface area contributed by atoms with Crippen LogP contribution in [0, 0.1) is 40.4 Å². The maximum atomic E-state index is 12.9. The smallest absolute Gasteiger partial charge is 0.393 e. The number of rotatable bonds is 6. The number of amides is 1. The minimum Gasteiger partial charge on any atom is -0.393 e. The fourth-order valence-corrected chi connectivity index (χ4v) is 8.85. The molecule has 0 radical (unpaired) electrons. The molecule has 9 heteroatoms. The first-order valence-electron chi connectivity index (χ1n) is 13.8. The highest BCUT2D eigenvalue weighted by molar-refractivity contribution is 5.85. The number of carbonyl (C=O) groups is 1. The Labute approximate surface area is 213 Å². The summed E-state index contributed by atoms with van der Waals surface area (Å²) in [5.41, 5.74) is 1.10. The average Bonchev–Trinajstić information content (AvgIpc) is 3.17. The zero-order chi connectivity index (χ0) is 26.3. The third-order valence-corrected chi connectivity index (χ3v) is 10.7. The molecule has 0 aromatic heterocycles. The zero-order valence-electron chi connectivity index (χ0n) is 22.2. The summed E-state index contributed by atoms with van der Waals surface area (Å²) in [6, 6.07) is 0. The first kappa shape index (κ1) is 27.7. The van der Waals surface area contributed by atoms with E-state index in [0.717, 1.165) is 38.5 Å². The molecule has 0 saturated heterocycles. The average molecular weight is 516 g/mol. The lowest BCUT2D eigenvalue weighted by Crippen LogP contribution is -2.54. The Balaban J connectivity index is 1.44. The molecule has 0 aromatic rings. The van der Waals surface area contributed by atoms with E-state index in [1.54, 1.807) is 7.05 Å². The number of oxime groups is 1. The van der Waals surface area contributed by atoms with Crippen LogP contribution in [0.4, 0.5) is 18.0 Å². The number of hydrogen-bond acceptors (Lipinski definition) is 5. The molecule has 4 fully saturated rings.